The molecule has 32 heavy (non-hydrogen) atoms. The van der Waals surface area contributed by atoms with E-state index in [2.05, 4.69) is 4.90 Å². The van der Waals surface area contributed by atoms with E-state index in [9.17, 15) is 14.3 Å². The summed E-state index contributed by atoms with van der Waals surface area (Å²) in [7, 11) is 0. The van der Waals surface area contributed by atoms with E-state index in [1.165, 1.54) is 6.07 Å². The lowest BCUT2D eigenvalue weighted by molar-refractivity contribution is 0.0662. The van der Waals surface area contributed by atoms with E-state index in [0.717, 1.165) is 13.1 Å². The predicted molar refractivity (Wildman–Crippen MR) is 123 cm³/mol. The Morgan fingerprint density at radius 2 is 1.50 bits per heavy atom. The van der Waals surface area contributed by atoms with E-state index in [1.807, 2.05) is 29.2 Å². The van der Waals surface area contributed by atoms with Crippen molar-refractivity contribution in [3.05, 3.63) is 95.8 Å². The zero-order valence-electron chi connectivity index (χ0n) is 17.9. The van der Waals surface area contributed by atoms with E-state index >= 15 is 0 Å². The SMILES string of the molecule is O=C(c1ccccc1)c1ccc(OCC(O)CN2CCN(c3ccccc3F)CC2)cc1. The molecular weight excluding hydrogens is 407 g/mol. The van der Waals surface area contributed by atoms with Gasteiger partial charge in [-0.15, -0.1) is 0 Å². The maximum Gasteiger partial charge on any atom is 0.193 e. The molecule has 0 spiro atoms. The second kappa shape index (κ2) is 10.4. The highest BCUT2D eigenvalue weighted by Crippen LogP contribution is 2.20. The summed E-state index contributed by atoms with van der Waals surface area (Å²) >= 11 is 0. The van der Waals surface area contributed by atoms with Crippen LogP contribution in [0.25, 0.3) is 0 Å². The van der Waals surface area contributed by atoms with Gasteiger partial charge in [-0.1, -0.05) is 42.5 Å². The van der Waals surface area contributed by atoms with Crippen LogP contribution in [0.15, 0.2) is 78.9 Å². The van der Waals surface area contributed by atoms with Gasteiger partial charge in [0, 0.05) is 43.9 Å². The number of aliphatic hydroxyl groups excluding tert-OH is 1. The molecule has 0 amide bonds. The number of carbonyl (C=O) groups excluding carboxylic acids is 1. The number of ether oxygens (including phenoxy) is 1. The van der Waals surface area contributed by atoms with Crippen LogP contribution in [0.3, 0.4) is 0 Å². The lowest BCUT2D eigenvalue weighted by atomic mass is 10.0. The molecule has 1 unspecified atom stereocenters. The largest absolute Gasteiger partial charge is 0.491 e. The third kappa shape index (κ3) is 5.52. The fourth-order valence-electron chi connectivity index (χ4n) is 3.88. The van der Waals surface area contributed by atoms with E-state index in [1.54, 1.807) is 48.5 Å². The molecule has 0 aliphatic carbocycles. The average Bonchev–Trinajstić information content (AvgIpc) is 2.84. The van der Waals surface area contributed by atoms with Crippen molar-refractivity contribution < 1.29 is 19.0 Å². The van der Waals surface area contributed by atoms with E-state index in [0.29, 0.717) is 42.2 Å². The minimum atomic E-state index is -0.638. The van der Waals surface area contributed by atoms with Crippen LogP contribution in [0.1, 0.15) is 15.9 Å². The highest BCUT2D eigenvalue weighted by molar-refractivity contribution is 6.08. The molecule has 1 aliphatic heterocycles. The summed E-state index contributed by atoms with van der Waals surface area (Å²) in [5.74, 6) is 0.371. The summed E-state index contributed by atoms with van der Waals surface area (Å²) in [5, 5.41) is 10.4. The second-order valence-electron chi connectivity index (χ2n) is 7.92. The molecule has 1 saturated heterocycles. The zero-order chi connectivity index (χ0) is 22.3. The summed E-state index contributed by atoms with van der Waals surface area (Å²) in [5.41, 5.74) is 1.87. The van der Waals surface area contributed by atoms with Crippen molar-refractivity contribution >= 4 is 11.5 Å². The van der Waals surface area contributed by atoms with Crippen molar-refractivity contribution in [3.8, 4) is 5.75 Å². The molecule has 1 fully saturated rings. The second-order valence-corrected chi connectivity index (χ2v) is 7.92. The molecule has 1 aliphatic rings. The number of halogens is 1. The standard InChI is InChI=1S/C26H27FN2O3/c27-24-8-4-5-9-25(24)29-16-14-28(15-17-29)18-22(30)19-32-23-12-10-21(11-13-23)26(31)20-6-2-1-3-7-20/h1-13,22,30H,14-19H2. The quantitative estimate of drug-likeness (QED) is 0.549. The number of hydrogen-bond acceptors (Lipinski definition) is 5. The number of anilines is 1. The van der Waals surface area contributed by atoms with Crippen LogP contribution >= 0.6 is 0 Å². The smallest absolute Gasteiger partial charge is 0.193 e. The fraction of sp³-hybridized carbons (Fsp3) is 0.269. The number of aliphatic hydroxyl groups is 1. The number of ketones is 1. The van der Waals surface area contributed by atoms with Crippen molar-refractivity contribution in [3.63, 3.8) is 0 Å². The van der Waals surface area contributed by atoms with E-state index in [4.69, 9.17) is 4.74 Å². The number of β-amino-alcohol motifs (C(OH)–C–C–N with tert-alkyl or cyclic N) is 1. The minimum absolute atomic E-state index is 0.0355. The molecule has 0 radical (unpaired) electrons. The van der Waals surface area contributed by atoms with Crippen LogP contribution in [-0.4, -0.2) is 61.2 Å². The first-order valence-electron chi connectivity index (χ1n) is 10.8. The van der Waals surface area contributed by atoms with Gasteiger partial charge in [0.1, 0.15) is 24.3 Å². The molecule has 1 atom stereocenters. The normalized spacial score (nSPS) is 15.4. The number of piperazine rings is 1. The van der Waals surface area contributed by atoms with Crippen LogP contribution in [0.2, 0.25) is 0 Å². The number of benzene rings is 3. The van der Waals surface area contributed by atoms with Crippen molar-refractivity contribution in [1.82, 2.24) is 4.90 Å². The number of nitrogens with zero attached hydrogens (tertiary/aromatic N) is 2. The van der Waals surface area contributed by atoms with Crippen molar-refractivity contribution in [2.24, 2.45) is 0 Å². The maximum atomic E-state index is 14.0. The van der Waals surface area contributed by atoms with Gasteiger partial charge in [-0.3, -0.25) is 9.69 Å². The topological polar surface area (TPSA) is 53.0 Å². The van der Waals surface area contributed by atoms with Gasteiger partial charge in [-0.2, -0.15) is 0 Å². The van der Waals surface area contributed by atoms with Gasteiger partial charge < -0.3 is 14.7 Å². The fourth-order valence-corrected chi connectivity index (χ4v) is 3.88. The Bertz CT molecular complexity index is 1020. The summed E-state index contributed by atoms with van der Waals surface area (Å²) in [4.78, 5) is 16.7. The van der Waals surface area contributed by atoms with Crippen LogP contribution < -0.4 is 9.64 Å². The predicted octanol–water partition coefficient (Wildman–Crippen LogP) is 3.62. The lowest BCUT2D eigenvalue weighted by Crippen LogP contribution is -2.49. The lowest BCUT2D eigenvalue weighted by Gasteiger charge is -2.36. The van der Waals surface area contributed by atoms with Crippen molar-refractivity contribution in [2.45, 2.75) is 6.10 Å². The Labute approximate surface area is 187 Å². The Morgan fingerprint density at radius 3 is 2.19 bits per heavy atom. The summed E-state index contributed by atoms with van der Waals surface area (Å²) in [6.45, 7) is 3.59. The van der Waals surface area contributed by atoms with Crippen molar-refractivity contribution in [2.75, 3.05) is 44.2 Å². The highest BCUT2D eigenvalue weighted by atomic mass is 19.1. The van der Waals surface area contributed by atoms with E-state index in [-0.39, 0.29) is 18.2 Å². The van der Waals surface area contributed by atoms with Crippen LogP contribution in [-0.2, 0) is 0 Å². The molecule has 0 saturated carbocycles. The van der Waals surface area contributed by atoms with Crippen molar-refractivity contribution in [1.29, 1.82) is 0 Å². The molecular formula is C26H27FN2O3. The molecule has 0 bridgehead atoms. The number of hydrogen-bond donors (Lipinski definition) is 1. The van der Waals surface area contributed by atoms with Crippen LogP contribution in [0.5, 0.6) is 5.75 Å². The Hall–Kier alpha value is -3.22. The third-order valence-electron chi connectivity index (χ3n) is 5.63. The Morgan fingerprint density at radius 1 is 0.875 bits per heavy atom. The highest BCUT2D eigenvalue weighted by Gasteiger charge is 2.21. The minimum Gasteiger partial charge on any atom is -0.491 e. The van der Waals surface area contributed by atoms with Crippen LogP contribution in [0, 0.1) is 5.82 Å². The van der Waals surface area contributed by atoms with Gasteiger partial charge in [-0.25, -0.2) is 4.39 Å². The summed E-state index contributed by atoms with van der Waals surface area (Å²) in [6.07, 6.45) is -0.638. The zero-order valence-corrected chi connectivity index (χ0v) is 17.9. The van der Waals surface area contributed by atoms with Gasteiger partial charge in [0.05, 0.1) is 5.69 Å². The van der Waals surface area contributed by atoms with Gasteiger partial charge >= 0.3 is 0 Å². The molecule has 5 nitrogen and oxygen atoms in total. The number of para-hydroxylation sites is 1. The monoisotopic (exact) mass is 434 g/mol. The Balaban J connectivity index is 1.22. The maximum absolute atomic E-state index is 14.0. The molecule has 0 aromatic heterocycles. The molecule has 1 heterocycles. The van der Waals surface area contributed by atoms with Gasteiger partial charge in [-0.05, 0) is 36.4 Å². The summed E-state index contributed by atoms with van der Waals surface area (Å²) < 4.78 is 19.7. The molecule has 3 aromatic carbocycles. The first kappa shape index (κ1) is 22.0. The van der Waals surface area contributed by atoms with E-state index < -0.39 is 6.10 Å². The van der Waals surface area contributed by atoms with Crippen LogP contribution in [0.4, 0.5) is 10.1 Å². The molecule has 6 heteroatoms. The number of carbonyl (C=O) groups is 1. The first-order valence-corrected chi connectivity index (χ1v) is 10.8. The number of rotatable bonds is 8. The third-order valence-corrected chi connectivity index (χ3v) is 5.63. The van der Waals surface area contributed by atoms with Gasteiger partial charge in [0.25, 0.3) is 0 Å². The van der Waals surface area contributed by atoms with Gasteiger partial charge in [0.15, 0.2) is 5.78 Å². The first-order chi connectivity index (χ1) is 15.6. The molecule has 1 N–H and O–H groups in total. The van der Waals surface area contributed by atoms with Gasteiger partial charge in [0.2, 0.25) is 0 Å². The Kier molecular flexibility index (Phi) is 7.14. The molecule has 4 rings (SSSR count). The molecule has 3 aromatic rings. The average molecular weight is 435 g/mol. The summed E-state index contributed by atoms with van der Waals surface area (Å²) in [6, 6.07) is 22.9. The molecule has 166 valence electrons.